The lowest BCUT2D eigenvalue weighted by Gasteiger charge is -2.17. The predicted octanol–water partition coefficient (Wildman–Crippen LogP) is 2.28. The van der Waals surface area contributed by atoms with Crippen LogP contribution in [0.25, 0.3) is 0 Å². The molecule has 0 radical (unpaired) electrons. The van der Waals surface area contributed by atoms with Crippen LogP contribution in [0.4, 0.5) is 8.78 Å². The Hall–Kier alpha value is -1.16. The minimum atomic E-state index is -2.76. The molecule has 1 aliphatic heterocycles. The lowest BCUT2D eigenvalue weighted by molar-refractivity contribution is -0.0108. The molecule has 1 aliphatic rings. The molecule has 1 N–H and O–H groups in total. The first-order valence-electron chi connectivity index (χ1n) is 4.89. The highest BCUT2D eigenvalue weighted by atomic mass is 19.3. The Morgan fingerprint density at radius 1 is 1.40 bits per heavy atom. The van der Waals surface area contributed by atoms with Crippen LogP contribution in [0.3, 0.4) is 0 Å². The van der Waals surface area contributed by atoms with E-state index in [2.05, 4.69) is 5.32 Å². The summed E-state index contributed by atoms with van der Waals surface area (Å²) in [6, 6.07) is 4.84. The lowest BCUT2D eigenvalue weighted by atomic mass is 10.0. The highest BCUT2D eigenvalue weighted by Gasteiger charge is 2.35. The number of methoxy groups -OCH3 is 1. The summed E-state index contributed by atoms with van der Waals surface area (Å²) in [6.07, 6.45) is -0.160. The van der Waals surface area contributed by atoms with Crippen molar-refractivity contribution in [1.82, 2.24) is 5.32 Å². The van der Waals surface area contributed by atoms with Crippen molar-refractivity contribution in [1.29, 1.82) is 0 Å². The predicted molar refractivity (Wildman–Crippen MR) is 53.2 cm³/mol. The topological polar surface area (TPSA) is 21.3 Å². The van der Waals surface area contributed by atoms with Crippen molar-refractivity contribution >= 4 is 0 Å². The minimum absolute atomic E-state index is 0.0897. The summed E-state index contributed by atoms with van der Waals surface area (Å²) in [5, 5.41) is 2.98. The first-order valence-corrected chi connectivity index (χ1v) is 4.89. The van der Waals surface area contributed by atoms with E-state index in [4.69, 9.17) is 4.74 Å². The molecule has 1 aromatic rings. The van der Waals surface area contributed by atoms with Crippen molar-refractivity contribution < 1.29 is 13.5 Å². The summed E-state index contributed by atoms with van der Waals surface area (Å²) in [5.74, 6) is -2.27. The first kappa shape index (κ1) is 10.4. The van der Waals surface area contributed by atoms with Gasteiger partial charge in [-0.25, -0.2) is 8.78 Å². The van der Waals surface area contributed by atoms with E-state index in [1.54, 1.807) is 12.1 Å². The molecule has 0 fully saturated rings. The van der Waals surface area contributed by atoms with Gasteiger partial charge in [0.25, 0.3) is 5.92 Å². The van der Waals surface area contributed by atoms with Crippen molar-refractivity contribution in [2.45, 2.75) is 18.9 Å². The van der Waals surface area contributed by atoms with Crippen molar-refractivity contribution in [3.63, 3.8) is 0 Å². The summed E-state index contributed by atoms with van der Waals surface area (Å²) < 4.78 is 32.3. The molecule has 0 unspecified atom stereocenters. The highest BCUT2D eigenvalue weighted by Crippen LogP contribution is 2.37. The Bertz CT molecular complexity index is 366. The number of benzene rings is 1. The summed E-state index contributed by atoms with van der Waals surface area (Å²) >= 11 is 0. The van der Waals surface area contributed by atoms with Crippen LogP contribution in [0.2, 0.25) is 0 Å². The third-order valence-electron chi connectivity index (χ3n) is 2.64. The second-order valence-electron chi connectivity index (χ2n) is 3.65. The van der Waals surface area contributed by atoms with Crippen LogP contribution in [0.15, 0.2) is 18.2 Å². The third kappa shape index (κ3) is 1.95. The van der Waals surface area contributed by atoms with Gasteiger partial charge in [0.05, 0.1) is 7.11 Å². The molecule has 1 heterocycles. The molecule has 82 valence electrons. The van der Waals surface area contributed by atoms with Crippen LogP contribution in [0.5, 0.6) is 5.75 Å². The fourth-order valence-electron chi connectivity index (χ4n) is 1.78. The van der Waals surface area contributed by atoms with E-state index in [0.29, 0.717) is 24.4 Å². The molecule has 0 amide bonds. The highest BCUT2D eigenvalue weighted by molar-refractivity contribution is 5.39. The van der Waals surface area contributed by atoms with E-state index >= 15 is 0 Å². The average Bonchev–Trinajstić information content (AvgIpc) is 2.37. The Kier molecular flexibility index (Phi) is 2.61. The number of alkyl halides is 2. The van der Waals surface area contributed by atoms with Gasteiger partial charge in [-0.1, -0.05) is 6.07 Å². The van der Waals surface area contributed by atoms with Crippen LogP contribution in [0.1, 0.15) is 17.5 Å². The fourth-order valence-corrected chi connectivity index (χ4v) is 1.78. The van der Waals surface area contributed by atoms with E-state index in [0.717, 1.165) is 0 Å². The van der Waals surface area contributed by atoms with Crippen molar-refractivity contribution in [3.05, 3.63) is 29.3 Å². The molecule has 15 heavy (non-hydrogen) atoms. The van der Waals surface area contributed by atoms with Gasteiger partial charge in [0.15, 0.2) is 0 Å². The molecule has 2 rings (SSSR count). The van der Waals surface area contributed by atoms with Gasteiger partial charge >= 0.3 is 0 Å². The van der Waals surface area contributed by atoms with Gasteiger partial charge in [0.1, 0.15) is 5.75 Å². The van der Waals surface area contributed by atoms with Crippen LogP contribution in [-0.4, -0.2) is 13.7 Å². The molecule has 0 aliphatic carbocycles. The molecule has 0 atom stereocenters. The lowest BCUT2D eigenvalue weighted by Crippen LogP contribution is -2.17. The molecule has 0 aromatic heterocycles. The zero-order chi connectivity index (χ0) is 10.9. The number of fused-ring (bicyclic) bond motifs is 1. The quantitative estimate of drug-likeness (QED) is 0.772. The van der Waals surface area contributed by atoms with Crippen molar-refractivity contribution in [3.8, 4) is 5.75 Å². The molecule has 0 spiro atoms. The summed E-state index contributed by atoms with van der Waals surface area (Å²) in [6.45, 7) is 0.832. The molecule has 0 saturated heterocycles. The Morgan fingerprint density at radius 2 is 2.20 bits per heavy atom. The SMILES string of the molecule is COc1ccc2c(c1)C(F)(F)CCNC2. The summed E-state index contributed by atoms with van der Waals surface area (Å²) in [5.41, 5.74) is 0.741. The number of halogens is 2. The van der Waals surface area contributed by atoms with Crippen molar-refractivity contribution in [2.75, 3.05) is 13.7 Å². The average molecular weight is 213 g/mol. The fraction of sp³-hybridized carbons (Fsp3) is 0.455. The Labute approximate surface area is 87.2 Å². The number of nitrogens with one attached hydrogen (secondary N) is 1. The zero-order valence-corrected chi connectivity index (χ0v) is 8.52. The molecule has 0 saturated carbocycles. The summed E-state index contributed by atoms with van der Waals surface area (Å²) in [7, 11) is 1.48. The van der Waals surface area contributed by atoms with Gasteiger partial charge in [0, 0.05) is 25.1 Å². The van der Waals surface area contributed by atoms with E-state index in [-0.39, 0.29) is 12.0 Å². The van der Waals surface area contributed by atoms with E-state index in [9.17, 15) is 8.78 Å². The largest absolute Gasteiger partial charge is 0.497 e. The first-order chi connectivity index (χ1) is 7.13. The van der Waals surface area contributed by atoms with E-state index < -0.39 is 5.92 Å². The molecular formula is C11H13F2NO. The van der Waals surface area contributed by atoms with Crippen LogP contribution >= 0.6 is 0 Å². The van der Waals surface area contributed by atoms with Crippen molar-refractivity contribution in [2.24, 2.45) is 0 Å². The van der Waals surface area contributed by atoms with Crippen LogP contribution in [0, 0.1) is 0 Å². The second kappa shape index (κ2) is 3.77. The minimum Gasteiger partial charge on any atom is -0.497 e. The molecule has 4 heteroatoms. The number of ether oxygens (including phenoxy) is 1. The second-order valence-corrected chi connectivity index (χ2v) is 3.65. The molecule has 2 nitrogen and oxygen atoms in total. The maximum atomic E-state index is 13.7. The van der Waals surface area contributed by atoms with Crippen LogP contribution in [-0.2, 0) is 12.5 Å². The Morgan fingerprint density at radius 3 is 2.93 bits per heavy atom. The van der Waals surface area contributed by atoms with Gasteiger partial charge in [-0.05, 0) is 17.7 Å². The Balaban J connectivity index is 2.48. The smallest absolute Gasteiger partial charge is 0.274 e. The van der Waals surface area contributed by atoms with Gasteiger partial charge in [-0.3, -0.25) is 0 Å². The van der Waals surface area contributed by atoms with Gasteiger partial charge < -0.3 is 10.1 Å². The van der Waals surface area contributed by atoms with E-state index in [1.165, 1.54) is 13.2 Å². The normalized spacial score (nSPS) is 19.1. The number of rotatable bonds is 1. The van der Waals surface area contributed by atoms with Crippen LogP contribution < -0.4 is 10.1 Å². The third-order valence-corrected chi connectivity index (χ3v) is 2.64. The summed E-state index contributed by atoms with van der Waals surface area (Å²) in [4.78, 5) is 0. The monoisotopic (exact) mass is 213 g/mol. The maximum Gasteiger partial charge on any atom is 0.274 e. The van der Waals surface area contributed by atoms with Gasteiger partial charge in [-0.2, -0.15) is 0 Å². The molecular weight excluding hydrogens is 200 g/mol. The van der Waals surface area contributed by atoms with Gasteiger partial charge in [0.2, 0.25) is 0 Å². The number of hydrogen-bond acceptors (Lipinski definition) is 2. The maximum absolute atomic E-state index is 13.7. The standard InChI is InChI=1S/C11H13F2NO/c1-15-9-3-2-8-7-14-5-4-11(12,13)10(8)6-9/h2-3,6,14H,4-5,7H2,1H3. The van der Waals surface area contributed by atoms with E-state index in [1.807, 2.05) is 0 Å². The van der Waals surface area contributed by atoms with Gasteiger partial charge in [-0.15, -0.1) is 0 Å². The molecule has 1 aromatic carbocycles. The number of hydrogen-bond donors (Lipinski definition) is 1. The zero-order valence-electron chi connectivity index (χ0n) is 8.52. The molecule has 0 bridgehead atoms.